The van der Waals surface area contributed by atoms with Gasteiger partial charge in [-0.2, -0.15) is 4.98 Å². The van der Waals surface area contributed by atoms with Crippen LogP contribution in [0.2, 0.25) is 0 Å². The smallest absolute Gasteiger partial charge is 0.292 e. The average Bonchev–Trinajstić information content (AvgIpc) is 2.86. The maximum atomic E-state index is 11.5. The van der Waals surface area contributed by atoms with Crippen LogP contribution < -0.4 is 10.6 Å². The van der Waals surface area contributed by atoms with Gasteiger partial charge < -0.3 is 15.2 Å². The van der Waals surface area contributed by atoms with E-state index in [4.69, 9.17) is 4.52 Å². The minimum atomic E-state index is -0.285. The Morgan fingerprint density at radius 2 is 2.50 bits per heavy atom. The average molecular weight is 224 g/mol. The quantitative estimate of drug-likeness (QED) is 0.759. The molecule has 1 aliphatic rings. The van der Waals surface area contributed by atoms with Gasteiger partial charge in [0, 0.05) is 13.1 Å². The molecule has 0 spiro atoms. The molecule has 2 N–H and O–H groups in total. The molecule has 6 nitrogen and oxygen atoms in total. The van der Waals surface area contributed by atoms with Gasteiger partial charge in [0.2, 0.25) is 5.89 Å². The van der Waals surface area contributed by atoms with Crippen LogP contribution in [0, 0.1) is 0 Å². The molecule has 1 unspecified atom stereocenters. The molecule has 16 heavy (non-hydrogen) atoms. The van der Waals surface area contributed by atoms with E-state index in [1.807, 2.05) is 6.92 Å². The lowest BCUT2D eigenvalue weighted by Crippen LogP contribution is -2.26. The lowest BCUT2D eigenvalue weighted by molar-refractivity contribution is 0.0942. The van der Waals surface area contributed by atoms with Crippen molar-refractivity contribution < 1.29 is 9.32 Å². The number of hydrogen-bond acceptors (Lipinski definition) is 5. The molecule has 1 amide bonds. The standard InChI is InChI=1S/C10H16N4O2/c1-3-12-8(15)7-13-9(16-14-7)10(2)4-5-11-6-10/h11H,3-6H2,1-2H3,(H,12,15). The molecule has 2 rings (SSSR count). The van der Waals surface area contributed by atoms with Gasteiger partial charge in [0.25, 0.3) is 11.7 Å². The first-order chi connectivity index (χ1) is 7.65. The Labute approximate surface area is 93.8 Å². The first kappa shape index (κ1) is 11.1. The fraction of sp³-hybridized carbons (Fsp3) is 0.700. The molecule has 0 saturated carbocycles. The third kappa shape index (κ3) is 1.92. The lowest BCUT2D eigenvalue weighted by Gasteiger charge is -2.15. The van der Waals surface area contributed by atoms with Gasteiger partial charge in [-0.1, -0.05) is 5.16 Å². The van der Waals surface area contributed by atoms with E-state index >= 15 is 0 Å². The highest BCUT2D eigenvalue weighted by molar-refractivity contribution is 5.90. The van der Waals surface area contributed by atoms with E-state index in [1.165, 1.54) is 0 Å². The van der Waals surface area contributed by atoms with Crippen molar-refractivity contribution in [3.63, 3.8) is 0 Å². The van der Waals surface area contributed by atoms with Crippen molar-refractivity contribution in [1.29, 1.82) is 0 Å². The number of amides is 1. The van der Waals surface area contributed by atoms with Gasteiger partial charge in [0.15, 0.2) is 0 Å². The van der Waals surface area contributed by atoms with Gasteiger partial charge >= 0.3 is 0 Å². The van der Waals surface area contributed by atoms with E-state index in [2.05, 4.69) is 27.7 Å². The Morgan fingerprint density at radius 1 is 1.69 bits per heavy atom. The summed E-state index contributed by atoms with van der Waals surface area (Å²) in [5.74, 6) is 0.371. The van der Waals surface area contributed by atoms with Crippen molar-refractivity contribution >= 4 is 5.91 Å². The van der Waals surface area contributed by atoms with Crippen LogP contribution in [0.25, 0.3) is 0 Å². The van der Waals surface area contributed by atoms with E-state index in [0.717, 1.165) is 19.5 Å². The van der Waals surface area contributed by atoms with Crippen LogP contribution in [0.5, 0.6) is 0 Å². The van der Waals surface area contributed by atoms with Crippen LogP contribution in [0.4, 0.5) is 0 Å². The number of carbonyl (C=O) groups excluding carboxylic acids is 1. The van der Waals surface area contributed by atoms with Crippen LogP contribution in [0.1, 0.15) is 36.8 Å². The normalized spacial score (nSPS) is 24.6. The molecular formula is C10H16N4O2. The Morgan fingerprint density at radius 3 is 3.12 bits per heavy atom. The maximum Gasteiger partial charge on any atom is 0.292 e. The highest BCUT2D eigenvalue weighted by atomic mass is 16.5. The Hall–Kier alpha value is -1.43. The largest absolute Gasteiger partial charge is 0.349 e. The minimum absolute atomic E-state index is 0.116. The van der Waals surface area contributed by atoms with Gasteiger partial charge in [0.1, 0.15) is 0 Å². The molecule has 0 radical (unpaired) electrons. The Kier molecular flexibility index (Phi) is 2.91. The molecule has 88 valence electrons. The predicted molar refractivity (Wildman–Crippen MR) is 57.1 cm³/mol. The number of carbonyl (C=O) groups is 1. The van der Waals surface area contributed by atoms with Crippen LogP contribution in [-0.4, -0.2) is 35.7 Å². The number of nitrogens with zero attached hydrogens (tertiary/aromatic N) is 2. The Balaban J connectivity index is 2.16. The van der Waals surface area contributed by atoms with E-state index in [0.29, 0.717) is 12.4 Å². The highest BCUT2D eigenvalue weighted by Gasteiger charge is 2.36. The van der Waals surface area contributed by atoms with Crippen LogP contribution in [0.3, 0.4) is 0 Å². The molecular weight excluding hydrogens is 208 g/mol. The molecule has 2 heterocycles. The van der Waals surface area contributed by atoms with Gasteiger partial charge in [-0.25, -0.2) is 0 Å². The second-order valence-electron chi connectivity index (χ2n) is 4.27. The van der Waals surface area contributed by atoms with Gasteiger partial charge in [0.05, 0.1) is 5.41 Å². The monoisotopic (exact) mass is 224 g/mol. The zero-order chi connectivity index (χ0) is 11.6. The van der Waals surface area contributed by atoms with Crippen molar-refractivity contribution in [2.45, 2.75) is 25.7 Å². The minimum Gasteiger partial charge on any atom is -0.349 e. The van der Waals surface area contributed by atoms with E-state index in [9.17, 15) is 4.79 Å². The lowest BCUT2D eigenvalue weighted by atomic mass is 9.90. The first-order valence-corrected chi connectivity index (χ1v) is 5.49. The van der Waals surface area contributed by atoms with Gasteiger partial charge in [-0.3, -0.25) is 4.79 Å². The summed E-state index contributed by atoms with van der Waals surface area (Å²) >= 11 is 0. The topological polar surface area (TPSA) is 80.0 Å². The zero-order valence-corrected chi connectivity index (χ0v) is 9.54. The molecule has 1 aliphatic heterocycles. The van der Waals surface area contributed by atoms with Crippen LogP contribution in [0.15, 0.2) is 4.52 Å². The van der Waals surface area contributed by atoms with Crippen molar-refractivity contribution in [3.8, 4) is 0 Å². The first-order valence-electron chi connectivity index (χ1n) is 5.49. The summed E-state index contributed by atoms with van der Waals surface area (Å²) in [5, 5.41) is 9.58. The third-order valence-electron chi connectivity index (χ3n) is 2.85. The summed E-state index contributed by atoms with van der Waals surface area (Å²) in [4.78, 5) is 15.6. The third-order valence-corrected chi connectivity index (χ3v) is 2.85. The van der Waals surface area contributed by atoms with Crippen molar-refractivity contribution in [3.05, 3.63) is 11.7 Å². The van der Waals surface area contributed by atoms with Crippen LogP contribution >= 0.6 is 0 Å². The summed E-state index contributed by atoms with van der Waals surface area (Å²) in [6.45, 7) is 6.21. The second-order valence-corrected chi connectivity index (χ2v) is 4.27. The van der Waals surface area contributed by atoms with Crippen molar-refractivity contribution in [1.82, 2.24) is 20.8 Å². The van der Waals surface area contributed by atoms with Crippen molar-refractivity contribution in [2.75, 3.05) is 19.6 Å². The summed E-state index contributed by atoms with van der Waals surface area (Å²) < 4.78 is 5.16. The number of hydrogen-bond donors (Lipinski definition) is 2. The molecule has 1 aromatic heterocycles. The second kappa shape index (κ2) is 4.21. The molecule has 1 fully saturated rings. The number of rotatable bonds is 3. The molecule has 6 heteroatoms. The molecule has 1 aromatic rings. The SMILES string of the molecule is CCNC(=O)c1noc(C2(C)CCNC2)n1. The molecule has 1 saturated heterocycles. The van der Waals surface area contributed by atoms with Crippen LogP contribution in [-0.2, 0) is 5.41 Å². The number of aromatic nitrogens is 2. The number of nitrogens with one attached hydrogen (secondary N) is 2. The predicted octanol–water partition coefficient (Wildman–Crippen LogP) is 0.0703. The fourth-order valence-corrected chi connectivity index (χ4v) is 1.80. The van der Waals surface area contributed by atoms with E-state index < -0.39 is 0 Å². The van der Waals surface area contributed by atoms with E-state index in [-0.39, 0.29) is 17.1 Å². The molecule has 0 bridgehead atoms. The fourth-order valence-electron chi connectivity index (χ4n) is 1.80. The maximum absolute atomic E-state index is 11.5. The van der Waals surface area contributed by atoms with Crippen molar-refractivity contribution in [2.24, 2.45) is 0 Å². The summed E-state index contributed by atoms with van der Waals surface area (Å²) in [6, 6.07) is 0. The summed E-state index contributed by atoms with van der Waals surface area (Å²) in [7, 11) is 0. The van der Waals surface area contributed by atoms with Gasteiger partial charge in [-0.15, -0.1) is 0 Å². The van der Waals surface area contributed by atoms with Gasteiger partial charge in [-0.05, 0) is 26.8 Å². The highest BCUT2D eigenvalue weighted by Crippen LogP contribution is 2.28. The molecule has 1 atom stereocenters. The Bertz CT molecular complexity index is 382. The van der Waals surface area contributed by atoms with E-state index in [1.54, 1.807) is 0 Å². The molecule has 0 aliphatic carbocycles. The summed E-state index contributed by atoms with van der Waals surface area (Å²) in [5.41, 5.74) is -0.141. The molecule has 0 aromatic carbocycles. The summed E-state index contributed by atoms with van der Waals surface area (Å²) in [6.07, 6.45) is 0.948. The zero-order valence-electron chi connectivity index (χ0n) is 9.54.